The predicted octanol–water partition coefficient (Wildman–Crippen LogP) is 2.08. The van der Waals surface area contributed by atoms with E-state index >= 15 is 0 Å². The molecule has 2 rings (SSSR count). The molecule has 4 nitrogen and oxygen atoms in total. The summed E-state index contributed by atoms with van der Waals surface area (Å²) in [5, 5.41) is 0. The van der Waals surface area contributed by atoms with Gasteiger partial charge in [-0.05, 0) is 38.0 Å². The molecule has 0 amide bonds. The van der Waals surface area contributed by atoms with Crippen molar-refractivity contribution < 1.29 is 14.3 Å². The summed E-state index contributed by atoms with van der Waals surface area (Å²) in [6.45, 7) is 4.91. The van der Waals surface area contributed by atoms with Crippen LogP contribution in [0.15, 0.2) is 12.1 Å². The Kier molecular flexibility index (Phi) is 3.87. The minimum absolute atomic E-state index is 0.0477. The molecule has 0 saturated heterocycles. The normalized spacial score (nSPS) is 15.3. The Morgan fingerprint density at radius 1 is 1.33 bits per heavy atom. The summed E-state index contributed by atoms with van der Waals surface area (Å²) in [6, 6.07) is 3.70. The molecule has 1 unspecified atom stereocenters. The highest BCUT2D eigenvalue weighted by molar-refractivity contribution is 5.98. The highest BCUT2D eigenvalue weighted by Crippen LogP contribution is 2.33. The second kappa shape index (κ2) is 5.40. The van der Waals surface area contributed by atoms with Gasteiger partial charge in [-0.3, -0.25) is 4.79 Å². The third-order valence-corrected chi connectivity index (χ3v) is 3.02. The smallest absolute Gasteiger partial charge is 0.163 e. The van der Waals surface area contributed by atoms with Crippen LogP contribution in [0.25, 0.3) is 0 Å². The lowest BCUT2D eigenvalue weighted by atomic mass is 9.99. The molecule has 1 aromatic carbocycles. The molecule has 1 aromatic rings. The van der Waals surface area contributed by atoms with Crippen molar-refractivity contribution in [1.29, 1.82) is 0 Å². The zero-order chi connectivity index (χ0) is 13.1. The van der Waals surface area contributed by atoms with Gasteiger partial charge in [-0.2, -0.15) is 0 Å². The standard InChI is InChI=1S/C14H19NO3/c1-9-7-13-14(18-6-5-17-13)8-11(9)12(16)4-3-10(2)15/h7-8,10H,3-6,15H2,1-2H3. The zero-order valence-corrected chi connectivity index (χ0v) is 10.9. The number of benzene rings is 1. The first-order chi connectivity index (χ1) is 8.58. The summed E-state index contributed by atoms with van der Waals surface area (Å²) < 4.78 is 11.0. The quantitative estimate of drug-likeness (QED) is 0.830. The minimum Gasteiger partial charge on any atom is -0.486 e. The van der Waals surface area contributed by atoms with Gasteiger partial charge < -0.3 is 15.2 Å². The average Bonchev–Trinajstić information content (AvgIpc) is 2.35. The van der Waals surface area contributed by atoms with Crippen molar-refractivity contribution in [2.24, 2.45) is 5.73 Å². The van der Waals surface area contributed by atoms with Crippen molar-refractivity contribution >= 4 is 5.78 Å². The minimum atomic E-state index is 0.0477. The van der Waals surface area contributed by atoms with E-state index in [-0.39, 0.29) is 11.8 Å². The molecule has 1 aliphatic heterocycles. The Hall–Kier alpha value is -1.55. The second-order valence-electron chi connectivity index (χ2n) is 4.75. The maximum absolute atomic E-state index is 12.1. The van der Waals surface area contributed by atoms with E-state index in [1.165, 1.54) is 0 Å². The molecular formula is C14H19NO3. The molecule has 0 saturated carbocycles. The molecule has 1 atom stereocenters. The molecule has 0 radical (unpaired) electrons. The van der Waals surface area contributed by atoms with Gasteiger partial charge in [0.2, 0.25) is 0 Å². The van der Waals surface area contributed by atoms with Gasteiger partial charge in [-0.15, -0.1) is 0 Å². The summed E-state index contributed by atoms with van der Waals surface area (Å²) >= 11 is 0. The molecule has 98 valence electrons. The lowest BCUT2D eigenvalue weighted by Gasteiger charge is -2.20. The monoisotopic (exact) mass is 249 g/mol. The first kappa shape index (κ1) is 12.9. The highest BCUT2D eigenvalue weighted by atomic mass is 16.6. The van der Waals surface area contributed by atoms with Crippen LogP contribution < -0.4 is 15.2 Å². The van der Waals surface area contributed by atoms with E-state index in [1.54, 1.807) is 6.07 Å². The summed E-state index contributed by atoms with van der Waals surface area (Å²) in [4.78, 5) is 12.1. The molecule has 2 N–H and O–H groups in total. The molecular weight excluding hydrogens is 230 g/mol. The van der Waals surface area contributed by atoms with Crippen molar-refractivity contribution in [1.82, 2.24) is 0 Å². The lowest BCUT2D eigenvalue weighted by Crippen LogP contribution is -2.18. The summed E-state index contributed by atoms with van der Waals surface area (Å²) in [5.74, 6) is 1.50. The van der Waals surface area contributed by atoms with E-state index in [0.717, 1.165) is 11.3 Å². The maximum atomic E-state index is 12.1. The predicted molar refractivity (Wildman–Crippen MR) is 69.4 cm³/mol. The fraction of sp³-hybridized carbons (Fsp3) is 0.500. The number of hydrogen-bond acceptors (Lipinski definition) is 4. The summed E-state index contributed by atoms with van der Waals surface area (Å²) in [5.41, 5.74) is 7.30. The van der Waals surface area contributed by atoms with Gasteiger partial charge in [0.15, 0.2) is 17.3 Å². The van der Waals surface area contributed by atoms with Gasteiger partial charge in [0.25, 0.3) is 0 Å². The van der Waals surface area contributed by atoms with Crippen LogP contribution in [0.3, 0.4) is 0 Å². The Bertz CT molecular complexity index is 455. The number of rotatable bonds is 4. The number of carbonyl (C=O) groups is 1. The van der Waals surface area contributed by atoms with E-state index < -0.39 is 0 Å². The van der Waals surface area contributed by atoms with Gasteiger partial charge in [0.1, 0.15) is 13.2 Å². The fourth-order valence-electron chi connectivity index (χ4n) is 1.98. The third kappa shape index (κ3) is 2.82. The Labute approximate surface area is 107 Å². The van der Waals surface area contributed by atoms with E-state index in [1.807, 2.05) is 19.9 Å². The fourth-order valence-corrected chi connectivity index (χ4v) is 1.98. The van der Waals surface area contributed by atoms with Crippen LogP contribution in [0.5, 0.6) is 11.5 Å². The molecule has 0 fully saturated rings. The maximum Gasteiger partial charge on any atom is 0.163 e. The lowest BCUT2D eigenvalue weighted by molar-refractivity contribution is 0.0976. The Morgan fingerprint density at radius 2 is 1.94 bits per heavy atom. The molecule has 1 heterocycles. The summed E-state index contributed by atoms with van der Waals surface area (Å²) in [7, 11) is 0. The van der Waals surface area contributed by atoms with Crippen LogP contribution >= 0.6 is 0 Å². The van der Waals surface area contributed by atoms with E-state index in [4.69, 9.17) is 15.2 Å². The summed E-state index contributed by atoms with van der Waals surface area (Å²) in [6.07, 6.45) is 1.17. The Balaban J connectivity index is 2.19. The number of carbonyl (C=O) groups excluding carboxylic acids is 1. The number of fused-ring (bicyclic) bond motifs is 1. The molecule has 18 heavy (non-hydrogen) atoms. The van der Waals surface area contributed by atoms with Crippen molar-refractivity contribution in [2.45, 2.75) is 32.7 Å². The van der Waals surface area contributed by atoms with Crippen molar-refractivity contribution in [3.63, 3.8) is 0 Å². The van der Waals surface area contributed by atoms with Crippen molar-refractivity contribution in [3.8, 4) is 11.5 Å². The van der Waals surface area contributed by atoms with Crippen LogP contribution in [-0.4, -0.2) is 25.0 Å². The SMILES string of the molecule is Cc1cc2c(cc1C(=O)CCC(C)N)OCCO2. The molecule has 0 aliphatic carbocycles. The number of ether oxygens (including phenoxy) is 2. The van der Waals surface area contributed by atoms with Crippen LogP contribution in [0.4, 0.5) is 0 Å². The van der Waals surface area contributed by atoms with E-state index in [0.29, 0.717) is 37.4 Å². The zero-order valence-electron chi connectivity index (χ0n) is 10.9. The van der Waals surface area contributed by atoms with Crippen LogP contribution in [0.1, 0.15) is 35.7 Å². The first-order valence-electron chi connectivity index (χ1n) is 6.27. The van der Waals surface area contributed by atoms with Crippen LogP contribution in [0, 0.1) is 6.92 Å². The number of Topliss-reactive ketones (excluding diaryl/α,β-unsaturated/α-hetero) is 1. The van der Waals surface area contributed by atoms with E-state index in [2.05, 4.69) is 0 Å². The van der Waals surface area contributed by atoms with E-state index in [9.17, 15) is 4.79 Å². The molecule has 0 spiro atoms. The average molecular weight is 249 g/mol. The number of ketones is 1. The van der Waals surface area contributed by atoms with Gasteiger partial charge >= 0.3 is 0 Å². The third-order valence-electron chi connectivity index (χ3n) is 3.02. The number of hydrogen-bond donors (Lipinski definition) is 1. The number of nitrogens with two attached hydrogens (primary N) is 1. The topological polar surface area (TPSA) is 61.6 Å². The number of aryl methyl sites for hydroxylation is 1. The molecule has 1 aliphatic rings. The van der Waals surface area contributed by atoms with Crippen LogP contribution in [-0.2, 0) is 0 Å². The molecule has 0 aromatic heterocycles. The van der Waals surface area contributed by atoms with Gasteiger partial charge in [-0.25, -0.2) is 0 Å². The van der Waals surface area contributed by atoms with Crippen molar-refractivity contribution in [2.75, 3.05) is 13.2 Å². The second-order valence-corrected chi connectivity index (χ2v) is 4.75. The molecule has 4 heteroatoms. The first-order valence-corrected chi connectivity index (χ1v) is 6.27. The van der Waals surface area contributed by atoms with Gasteiger partial charge in [-0.1, -0.05) is 0 Å². The van der Waals surface area contributed by atoms with Crippen molar-refractivity contribution in [3.05, 3.63) is 23.3 Å². The van der Waals surface area contributed by atoms with Gasteiger partial charge in [0.05, 0.1) is 0 Å². The molecule has 0 bridgehead atoms. The highest BCUT2D eigenvalue weighted by Gasteiger charge is 2.17. The largest absolute Gasteiger partial charge is 0.486 e. The van der Waals surface area contributed by atoms with Crippen LogP contribution in [0.2, 0.25) is 0 Å². The van der Waals surface area contributed by atoms with Gasteiger partial charge in [0, 0.05) is 18.0 Å². The Morgan fingerprint density at radius 3 is 2.56 bits per heavy atom.